The van der Waals surface area contributed by atoms with Crippen molar-refractivity contribution in [3.8, 4) is 0 Å². The molecule has 0 radical (unpaired) electrons. The molecule has 2 N–H and O–H groups in total. The Balaban J connectivity index is 2.67. The molecule has 11 heavy (non-hydrogen) atoms. The summed E-state index contributed by atoms with van der Waals surface area (Å²) >= 11 is 3.56. The minimum Gasteiger partial charge on any atom is -0.323 e. The van der Waals surface area contributed by atoms with E-state index in [-0.39, 0.29) is 6.04 Å². The fraction of sp³-hybridized carbons (Fsp3) is 0.500. The molecule has 0 bridgehead atoms. The third kappa shape index (κ3) is 2.22. The van der Waals surface area contributed by atoms with Crippen molar-refractivity contribution in [2.24, 2.45) is 5.73 Å². The Labute approximate surface area is 76.0 Å². The Morgan fingerprint density at radius 2 is 2.45 bits per heavy atom. The molecule has 1 rings (SSSR count). The number of hydrogen-bond donors (Lipinski definition) is 1. The third-order valence-corrected chi connectivity index (χ3v) is 3.43. The standard InChI is InChI=1S/C8H13NS2/c1-6-3-4-11-8(6)7(9)5-10-2/h3-4,7H,5,9H2,1-2H3. The van der Waals surface area contributed by atoms with Gasteiger partial charge in [0.15, 0.2) is 0 Å². The van der Waals surface area contributed by atoms with Gasteiger partial charge in [-0.05, 0) is 30.2 Å². The summed E-state index contributed by atoms with van der Waals surface area (Å²) in [6, 6.07) is 2.35. The van der Waals surface area contributed by atoms with Gasteiger partial charge in [0.2, 0.25) is 0 Å². The average Bonchev–Trinajstić information content (AvgIpc) is 2.36. The van der Waals surface area contributed by atoms with E-state index in [2.05, 4.69) is 24.6 Å². The van der Waals surface area contributed by atoms with E-state index < -0.39 is 0 Å². The van der Waals surface area contributed by atoms with Crippen LogP contribution in [0.3, 0.4) is 0 Å². The van der Waals surface area contributed by atoms with E-state index in [9.17, 15) is 0 Å². The number of thioether (sulfide) groups is 1. The monoisotopic (exact) mass is 187 g/mol. The maximum atomic E-state index is 5.94. The lowest BCUT2D eigenvalue weighted by atomic mass is 10.2. The fourth-order valence-electron chi connectivity index (χ4n) is 1.02. The number of nitrogens with two attached hydrogens (primary N) is 1. The van der Waals surface area contributed by atoms with Crippen LogP contribution in [-0.2, 0) is 0 Å². The van der Waals surface area contributed by atoms with Crippen molar-refractivity contribution < 1.29 is 0 Å². The van der Waals surface area contributed by atoms with Gasteiger partial charge in [-0.25, -0.2) is 0 Å². The SMILES string of the molecule is CSCC(N)c1sccc1C. The van der Waals surface area contributed by atoms with Crippen molar-refractivity contribution >= 4 is 23.1 Å². The van der Waals surface area contributed by atoms with Crippen LogP contribution in [0.25, 0.3) is 0 Å². The highest BCUT2D eigenvalue weighted by atomic mass is 32.2. The highest BCUT2D eigenvalue weighted by Gasteiger charge is 2.08. The van der Waals surface area contributed by atoms with Crippen LogP contribution in [0.5, 0.6) is 0 Å². The largest absolute Gasteiger partial charge is 0.323 e. The second kappa shape index (κ2) is 4.14. The maximum absolute atomic E-state index is 5.94. The molecule has 3 heteroatoms. The van der Waals surface area contributed by atoms with Gasteiger partial charge in [-0.3, -0.25) is 0 Å². The Hall–Kier alpha value is 0.0100. The van der Waals surface area contributed by atoms with E-state index in [1.807, 2.05) is 0 Å². The van der Waals surface area contributed by atoms with Gasteiger partial charge in [0.1, 0.15) is 0 Å². The second-order valence-electron chi connectivity index (χ2n) is 2.53. The second-order valence-corrected chi connectivity index (χ2v) is 4.39. The molecule has 0 aliphatic rings. The molecule has 0 aromatic carbocycles. The predicted octanol–water partition coefficient (Wildman–Crippen LogP) is 2.42. The lowest BCUT2D eigenvalue weighted by Crippen LogP contribution is -2.11. The molecule has 0 aliphatic carbocycles. The summed E-state index contributed by atoms with van der Waals surface area (Å²) in [6.45, 7) is 2.12. The molecule has 1 atom stereocenters. The molecule has 0 saturated carbocycles. The highest BCUT2D eigenvalue weighted by Crippen LogP contribution is 2.23. The topological polar surface area (TPSA) is 26.0 Å². The van der Waals surface area contributed by atoms with Gasteiger partial charge in [-0.15, -0.1) is 11.3 Å². The molecule has 0 amide bonds. The first kappa shape index (κ1) is 9.10. The maximum Gasteiger partial charge on any atom is 0.0484 e. The predicted molar refractivity (Wildman–Crippen MR) is 54.4 cm³/mol. The summed E-state index contributed by atoms with van der Waals surface area (Å²) in [5.41, 5.74) is 7.27. The van der Waals surface area contributed by atoms with Crippen LogP contribution < -0.4 is 5.73 Å². The van der Waals surface area contributed by atoms with E-state index in [1.54, 1.807) is 23.1 Å². The van der Waals surface area contributed by atoms with Crippen LogP contribution in [0.15, 0.2) is 11.4 Å². The Morgan fingerprint density at radius 3 is 2.91 bits per heavy atom. The van der Waals surface area contributed by atoms with Gasteiger partial charge in [0, 0.05) is 16.7 Å². The van der Waals surface area contributed by atoms with Crippen molar-refractivity contribution in [2.45, 2.75) is 13.0 Å². The van der Waals surface area contributed by atoms with Crippen LogP contribution in [0.2, 0.25) is 0 Å². The number of rotatable bonds is 3. The molecule has 1 heterocycles. The molecule has 0 saturated heterocycles. The van der Waals surface area contributed by atoms with Crippen molar-refractivity contribution in [1.29, 1.82) is 0 Å². The number of thiophene rings is 1. The van der Waals surface area contributed by atoms with Crippen molar-refractivity contribution in [3.63, 3.8) is 0 Å². The Bertz CT molecular complexity index is 220. The first-order chi connectivity index (χ1) is 5.25. The summed E-state index contributed by atoms with van der Waals surface area (Å²) in [7, 11) is 0. The van der Waals surface area contributed by atoms with E-state index in [0.717, 1.165) is 5.75 Å². The lowest BCUT2D eigenvalue weighted by molar-refractivity contribution is 0.846. The molecule has 0 spiro atoms. The Kier molecular flexibility index (Phi) is 3.43. The number of aryl methyl sites for hydroxylation is 1. The number of hydrogen-bond acceptors (Lipinski definition) is 3. The zero-order valence-corrected chi connectivity index (χ0v) is 8.47. The average molecular weight is 187 g/mol. The van der Waals surface area contributed by atoms with Gasteiger partial charge in [-0.1, -0.05) is 0 Å². The van der Waals surface area contributed by atoms with Crippen molar-refractivity contribution in [2.75, 3.05) is 12.0 Å². The molecule has 62 valence electrons. The van der Waals surface area contributed by atoms with Crippen molar-refractivity contribution in [1.82, 2.24) is 0 Å². The van der Waals surface area contributed by atoms with Crippen molar-refractivity contribution in [3.05, 3.63) is 21.9 Å². The van der Waals surface area contributed by atoms with Gasteiger partial charge in [0.05, 0.1) is 0 Å². The molecule has 1 unspecified atom stereocenters. The molecule has 0 fully saturated rings. The molecular formula is C8H13NS2. The van der Waals surface area contributed by atoms with Crippen LogP contribution >= 0.6 is 23.1 Å². The summed E-state index contributed by atoms with van der Waals surface area (Å²) in [5, 5.41) is 2.10. The van der Waals surface area contributed by atoms with Crippen LogP contribution in [-0.4, -0.2) is 12.0 Å². The summed E-state index contributed by atoms with van der Waals surface area (Å²) in [4.78, 5) is 1.33. The fourth-order valence-corrected chi connectivity index (χ4v) is 2.58. The first-order valence-corrected chi connectivity index (χ1v) is 5.81. The zero-order chi connectivity index (χ0) is 8.27. The molecule has 1 nitrogen and oxygen atoms in total. The summed E-state index contributed by atoms with van der Waals surface area (Å²) in [5.74, 6) is 1.02. The highest BCUT2D eigenvalue weighted by molar-refractivity contribution is 7.98. The summed E-state index contributed by atoms with van der Waals surface area (Å²) in [6.07, 6.45) is 2.09. The van der Waals surface area contributed by atoms with E-state index in [4.69, 9.17) is 5.73 Å². The van der Waals surface area contributed by atoms with Crippen LogP contribution in [0, 0.1) is 6.92 Å². The van der Waals surface area contributed by atoms with E-state index in [0.29, 0.717) is 0 Å². The molecular weight excluding hydrogens is 174 g/mol. The third-order valence-electron chi connectivity index (χ3n) is 1.58. The van der Waals surface area contributed by atoms with Gasteiger partial charge in [0.25, 0.3) is 0 Å². The minimum absolute atomic E-state index is 0.227. The van der Waals surface area contributed by atoms with Gasteiger partial charge in [-0.2, -0.15) is 11.8 Å². The van der Waals surface area contributed by atoms with Gasteiger partial charge < -0.3 is 5.73 Å². The molecule has 1 aromatic rings. The summed E-state index contributed by atoms with van der Waals surface area (Å²) < 4.78 is 0. The first-order valence-electron chi connectivity index (χ1n) is 3.54. The quantitative estimate of drug-likeness (QED) is 0.786. The zero-order valence-electron chi connectivity index (χ0n) is 6.83. The lowest BCUT2D eigenvalue weighted by Gasteiger charge is -2.08. The van der Waals surface area contributed by atoms with Gasteiger partial charge >= 0.3 is 0 Å². The van der Waals surface area contributed by atoms with E-state index >= 15 is 0 Å². The normalized spacial score (nSPS) is 13.4. The molecule has 1 aromatic heterocycles. The Morgan fingerprint density at radius 1 is 1.73 bits per heavy atom. The van der Waals surface area contributed by atoms with Crippen LogP contribution in [0.1, 0.15) is 16.5 Å². The van der Waals surface area contributed by atoms with Crippen LogP contribution in [0.4, 0.5) is 0 Å². The van der Waals surface area contributed by atoms with E-state index in [1.165, 1.54) is 10.4 Å². The molecule has 0 aliphatic heterocycles. The minimum atomic E-state index is 0.227. The smallest absolute Gasteiger partial charge is 0.0484 e.